The van der Waals surface area contributed by atoms with E-state index in [0.717, 1.165) is 22.2 Å². The first-order valence-electron chi connectivity index (χ1n) is 8.95. The van der Waals surface area contributed by atoms with Crippen LogP contribution in [0.25, 0.3) is 0 Å². The Hall–Kier alpha value is -0.880. The molecule has 0 aromatic heterocycles. The van der Waals surface area contributed by atoms with Gasteiger partial charge in [-0.05, 0) is 61.5 Å². The van der Waals surface area contributed by atoms with Crippen LogP contribution >= 0.6 is 39.1 Å². The highest BCUT2D eigenvalue weighted by atomic mass is 79.9. The molecule has 0 aromatic carbocycles. The summed E-state index contributed by atoms with van der Waals surface area (Å²) in [5.74, 6) is -0.612. The summed E-state index contributed by atoms with van der Waals surface area (Å²) in [6, 6.07) is 0. The van der Waals surface area contributed by atoms with E-state index in [1.165, 1.54) is 12.5 Å². The standard InChI is InChI=1S/C21H27BrCl2FNO2/c1-13(2)17(19-12-20(22)26-28-19)8-6-7-14(3)11-16(27-5)9-10-18(24)21(25)15(4)23/h6,8,10,16,19H,3,7,9,11-12H2,1-2,4-5H3/b8-6-,18-10+,21-15-. The Morgan fingerprint density at radius 3 is 2.61 bits per heavy atom. The Labute approximate surface area is 185 Å². The van der Waals surface area contributed by atoms with E-state index < -0.39 is 5.83 Å². The molecule has 0 saturated heterocycles. The summed E-state index contributed by atoms with van der Waals surface area (Å²) in [6.07, 6.45) is 8.07. The molecule has 0 amide bonds. The minimum absolute atomic E-state index is 0.00167. The molecule has 0 fully saturated rings. The fourth-order valence-corrected chi connectivity index (χ4v) is 3.38. The first-order chi connectivity index (χ1) is 13.1. The molecule has 0 aliphatic carbocycles. The Balaban J connectivity index is 2.59. The normalized spacial score (nSPS) is 19.2. The molecule has 156 valence electrons. The molecule has 2 unspecified atom stereocenters. The minimum atomic E-state index is -0.612. The van der Waals surface area contributed by atoms with Crippen molar-refractivity contribution in [1.29, 1.82) is 0 Å². The van der Waals surface area contributed by atoms with Crippen LogP contribution in [0.2, 0.25) is 0 Å². The van der Waals surface area contributed by atoms with Crippen molar-refractivity contribution in [2.24, 2.45) is 5.16 Å². The van der Waals surface area contributed by atoms with Gasteiger partial charge in [-0.2, -0.15) is 0 Å². The summed E-state index contributed by atoms with van der Waals surface area (Å²) in [7, 11) is 1.62. The Bertz CT molecular complexity index is 718. The van der Waals surface area contributed by atoms with Crippen molar-refractivity contribution in [2.75, 3.05) is 7.11 Å². The number of allylic oxidation sites excluding steroid dienone is 5. The SMILES string of the molecule is C=C(C/C=C\C(=C(C)C)C1CC(Br)=NO1)CC(C/C=C(Cl)\C(F)=C(/C)Cl)OC. The van der Waals surface area contributed by atoms with Crippen molar-refractivity contribution in [3.63, 3.8) is 0 Å². The van der Waals surface area contributed by atoms with Crippen LogP contribution < -0.4 is 0 Å². The van der Waals surface area contributed by atoms with Gasteiger partial charge < -0.3 is 9.57 Å². The molecule has 0 saturated carbocycles. The molecule has 0 bridgehead atoms. The fraction of sp³-hybridized carbons (Fsp3) is 0.476. The number of oxime groups is 1. The summed E-state index contributed by atoms with van der Waals surface area (Å²) >= 11 is 14.9. The third-order valence-corrected chi connectivity index (χ3v) is 5.14. The number of rotatable bonds is 10. The first-order valence-corrected chi connectivity index (χ1v) is 10.5. The molecule has 0 radical (unpaired) electrons. The van der Waals surface area contributed by atoms with Crippen LogP contribution in [0, 0.1) is 0 Å². The van der Waals surface area contributed by atoms with E-state index in [-0.39, 0.29) is 22.3 Å². The van der Waals surface area contributed by atoms with Gasteiger partial charge in [0.15, 0.2) is 11.9 Å². The van der Waals surface area contributed by atoms with Crippen LogP contribution in [-0.2, 0) is 9.57 Å². The van der Waals surface area contributed by atoms with E-state index in [2.05, 4.69) is 53.7 Å². The quantitative estimate of drug-likeness (QED) is 0.230. The molecule has 0 N–H and O–H groups in total. The van der Waals surface area contributed by atoms with E-state index in [4.69, 9.17) is 32.8 Å². The Morgan fingerprint density at radius 1 is 1.43 bits per heavy atom. The lowest BCUT2D eigenvalue weighted by molar-refractivity contribution is 0.105. The summed E-state index contributed by atoms with van der Waals surface area (Å²) in [6.45, 7) is 9.68. The van der Waals surface area contributed by atoms with E-state index in [1.807, 2.05) is 0 Å². The van der Waals surface area contributed by atoms with Crippen LogP contribution in [0.4, 0.5) is 4.39 Å². The van der Waals surface area contributed by atoms with Gasteiger partial charge in [0.2, 0.25) is 0 Å². The molecule has 0 spiro atoms. The maximum absolute atomic E-state index is 13.6. The molecule has 28 heavy (non-hydrogen) atoms. The second kappa shape index (κ2) is 12.6. The van der Waals surface area contributed by atoms with Crippen LogP contribution in [0.5, 0.6) is 0 Å². The van der Waals surface area contributed by atoms with Crippen molar-refractivity contribution in [3.05, 3.63) is 57.4 Å². The lowest BCUT2D eigenvalue weighted by atomic mass is 10.00. The predicted octanol–water partition coefficient (Wildman–Crippen LogP) is 7.68. The average molecular weight is 495 g/mol. The van der Waals surface area contributed by atoms with Crippen LogP contribution in [0.15, 0.2) is 62.6 Å². The van der Waals surface area contributed by atoms with E-state index in [0.29, 0.717) is 19.3 Å². The number of ether oxygens (including phenoxy) is 1. The van der Waals surface area contributed by atoms with Gasteiger partial charge in [0.1, 0.15) is 4.62 Å². The van der Waals surface area contributed by atoms with Crippen molar-refractivity contribution in [2.45, 2.75) is 58.7 Å². The lowest BCUT2D eigenvalue weighted by Crippen LogP contribution is -2.11. The van der Waals surface area contributed by atoms with Crippen molar-refractivity contribution in [3.8, 4) is 0 Å². The van der Waals surface area contributed by atoms with E-state index in [1.54, 1.807) is 13.2 Å². The minimum Gasteiger partial charge on any atom is -0.387 e. The zero-order valence-electron chi connectivity index (χ0n) is 16.7. The molecule has 7 heteroatoms. The lowest BCUT2D eigenvalue weighted by Gasteiger charge is -2.15. The van der Waals surface area contributed by atoms with Crippen LogP contribution in [-0.4, -0.2) is 23.9 Å². The van der Waals surface area contributed by atoms with Gasteiger partial charge in [-0.25, -0.2) is 4.39 Å². The third-order valence-electron chi connectivity index (χ3n) is 4.18. The fourth-order valence-electron chi connectivity index (χ4n) is 2.62. The molecule has 1 heterocycles. The summed E-state index contributed by atoms with van der Waals surface area (Å²) in [5.41, 5.74) is 3.31. The highest BCUT2D eigenvalue weighted by molar-refractivity contribution is 9.18. The maximum Gasteiger partial charge on any atom is 0.158 e. The van der Waals surface area contributed by atoms with Crippen LogP contribution in [0.3, 0.4) is 0 Å². The average Bonchev–Trinajstić information content (AvgIpc) is 3.06. The Morgan fingerprint density at radius 2 is 2.11 bits per heavy atom. The molecule has 1 aliphatic heterocycles. The van der Waals surface area contributed by atoms with Gasteiger partial charge in [-0.1, -0.05) is 64.3 Å². The zero-order valence-corrected chi connectivity index (χ0v) is 19.8. The third kappa shape index (κ3) is 8.64. The molecule has 2 atom stereocenters. The highest BCUT2D eigenvalue weighted by Gasteiger charge is 2.22. The van der Waals surface area contributed by atoms with Gasteiger partial charge in [0.05, 0.1) is 16.2 Å². The zero-order chi connectivity index (χ0) is 21.3. The largest absolute Gasteiger partial charge is 0.387 e. The molecule has 0 aromatic rings. The molecule has 1 aliphatic rings. The van der Waals surface area contributed by atoms with E-state index in [9.17, 15) is 4.39 Å². The van der Waals surface area contributed by atoms with E-state index >= 15 is 0 Å². The summed E-state index contributed by atoms with van der Waals surface area (Å²) in [4.78, 5) is 5.45. The van der Waals surface area contributed by atoms with Gasteiger partial charge >= 0.3 is 0 Å². The number of hydrogen-bond acceptors (Lipinski definition) is 3. The molecular weight excluding hydrogens is 468 g/mol. The smallest absolute Gasteiger partial charge is 0.158 e. The highest BCUT2D eigenvalue weighted by Crippen LogP contribution is 2.26. The van der Waals surface area contributed by atoms with Crippen molar-refractivity contribution >= 4 is 43.8 Å². The Kier molecular flexibility index (Phi) is 11.4. The van der Waals surface area contributed by atoms with Gasteiger partial charge in [-0.3, -0.25) is 0 Å². The second-order valence-corrected chi connectivity index (χ2v) is 8.66. The van der Waals surface area contributed by atoms with Crippen molar-refractivity contribution in [1.82, 2.24) is 0 Å². The second-order valence-electron chi connectivity index (χ2n) is 6.77. The number of hydrogen-bond donors (Lipinski definition) is 0. The molecule has 3 nitrogen and oxygen atoms in total. The van der Waals surface area contributed by atoms with Gasteiger partial charge in [-0.15, -0.1) is 0 Å². The summed E-state index contributed by atoms with van der Waals surface area (Å²) in [5, 5.41) is 3.98. The summed E-state index contributed by atoms with van der Waals surface area (Å²) < 4.78 is 19.9. The van der Waals surface area contributed by atoms with Gasteiger partial charge in [0, 0.05) is 13.5 Å². The maximum atomic E-state index is 13.6. The topological polar surface area (TPSA) is 30.8 Å². The number of nitrogens with zero attached hydrogens (tertiary/aromatic N) is 1. The molecule has 1 rings (SSSR count). The van der Waals surface area contributed by atoms with Crippen LogP contribution in [0.1, 0.15) is 46.5 Å². The first kappa shape index (κ1) is 25.2. The number of methoxy groups -OCH3 is 1. The number of halogens is 4. The molecular formula is C21H27BrCl2FNO2. The van der Waals surface area contributed by atoms with Crippen molar-refractivity contribution < 1.29 is 14.0 Å². The monoisotopic (exact) mass is 493 g/mol. The van der Waals surface area contributed by atoms with Gasteiger partial charge in [0.25, 0.3) is 0 Å². The predicted molar refractivity (Wildman–Crippen MR) is 121 cm³/mol.